The van der Waals surface area contributed by atoms with Crippen LogP contribution in [0.25, 0.3) is 0 Å². The third-order valence-electron chi connectivity index (χ3n) is 1.53. The second-order valence-electron chi connectivity index (χ2n) is 5.55. The Labute approximate surface area is 108 Å². The van der Waals surface area contributed by atoms with Gasteiger partial charge in [-0.25, -0.2) is 0 Å². The smallest absolute Gasteiger partial charge is 0.0518 e. The molecule has 0 fully saturated rings. The predicted molar refractivity (Wildman–Crippen MR) is 78.4 cm³/mol. The summed E-state index contributed by atoms with van der Waals surface area (Å²) in [5.74, 6) is 2.82. The van der Waals surface area contributed by atoms with Crippen molar-refractivity contribution >= 4 is 11.8 Å². The molecule has 2 heteroatoms. The molecule has 0 unspecified atom stereocenters. The van der Waals surface area contributed by atoms with Gasteiger partial charge in [-0.3, -0.25) is 0 Å². The normalized spacial score (nSPS) is 11.2. The molecule has 0 radical (unpaired) electrons. The Morgan fingerprint density at radius 2 is 1.31 bits per heavy atom. The molecule has 0 amide bonds. The molecule has 0 saturated carbocycles. The van der Waals surface area contributed by atoms with Crippen molar-refractivity contribution in [3.05, 3.63) is 0 Å². The zero-order valence-corrected chi connectivity index (χ0v) is 13.4. The molecule has 0 aliphatic rings. The Morgan fingerprint density at radius 1 is 0.812 bits per heavy atom. The molecule has 0 N–H and O–H groups in total. The van der Waals surface area contributed by atoms with Gasteiger partial charge in [-0.15, -0.1) is 0 Å². The van der Waals surface area contributed by atoms with Crippen LogP contribution in [0.3, 0.4) is 0 Å². The molecule has 0 aromatic carbocycles. The fraction of sp³-hybridized carbons (Fsp3) is 1.00. The van der Waals surface area contributed by atoms with Crippen molar-refractivity contribution in [2.75, 3.05) is 12.4 Å². The van der Waals surface area contributed by atoms with E-state index in [4.69, 9.17) is 4.74 Å². The van der Waals surface area contributed by atoms with Crippen molar-refractivity contribution < 1.29 is 4.74 Å². The summed E-state index contributed by atoms with van der Waals surface area (Å²) >= 11 is 2.04. The fourth-order valence-corrected chi connectivity index (χ4v) is 1.54. The molecule has 0 bridgehead atoms. The quantitative estimate of drug-likeness (QED) is 0.664. The van der Waals surface area contributed by atoms with E-state index in [-0.39, 0.29) is 0 Å². The van der Waals surface area contributed by atoms with Crippen LogP contribution in [0, 0.1) is 11.8 Å². The summed E-state index contributed by atoms with van der Waals surface area (Å²) in [5, 5.41) is 0.803. The molecule has 0 heterocycles. The van der Waals surface area contributed by atoms with Crippen molar-refractivity contribution in [1.29, 1.82) is 0 Å². The fourth-order valence-electron chi connectivity index (χ4n) is 0.770. The van der Waals surface area contributed by atoms with Gasteiger partial charge in [0.1, 0.15) is 0 Å². The second kappa shape index (κ2) is 11.8. The van der Waals surface area contributed by atoms with E-state index >= 15 is 0 Å². The molecule has 0 spiro atoms. The molecule has 0 rings (SSSR count). The summed E-state index contributed by atoms with van der Waals surface area (Å²) in [5.41, 5.74) is 0. The van der Waals surface area contributed by atoms with Crippen LogP contribution in [-0.2, 0) is 4.74 Å². The second-order valence-corrected chi connectivity index (χ2v) is 7.16. The Morgan fingerprint density at radius 3 is 1.44 bits per heavy atom. The minimum Gasteiger partial charge on any atom is -0.379 e. The molecule has 0 aliphatic carbocycles. The average Bonchev–Trinajstić information content (AvgIpc) is 2.12. The first-order valence-electron chi connectivity index (χ1n) is 6.48. The molecule has 0 atom stereocenters. The van der Waals surface area contributed by atoms with E-state index in [0.717, 1.165) is 17.8 Å². The van der Waals surface area contributed by atoms with Crippen LogP contribution in [0.5, 0.6) is 0 Å². The minimum absolute atomic E-state index is 0.386. The lowest BCUT2D eigenvalue weighted by atomic mass is 10.2. The van der Waals surface area contributed by atoms with Gasteiger partial charge in [-0.2, -0.15) is 11.8 Å². The molecule has 1 nitrogen and oxygen atoms in total. The standard InChI is InChI=1S/C7H16O.C7H16S/c2*1-6(2)5-8-7(3)4/h2*6-7H,5H2,1-4H3. The van der Waals surface area contributed by atoms with Gasteiger partial charge in [0.25, 0.3) is 0 Å². The topological polar surface area (TPSA) is 9.23 Å². The average molecular weight is 248 g/mol. The van der Waals surface area contributed by atoms with Gasteiger partial charge >= 0.3 is 0 Å². The van der Waals surface area contributed by atoms with Crippen LogP contribution >= 0.6 is 11.8 Å². The van der Waals surface area contributed by atoms with Crippen molar-refractivity contribution in [3.63, 3.8) is 0 Å². The van der Waals surface area contributed by atoms with E-state index in [1.165, 1.54) is 5.75 Å². The highest BCUT2D eigenvalue weighted by molar-refractivity contribution is 7.99. The lowest BCUT2D eigenvalue weighted by molar-refractivity contribution is 0.0593. The van der Waals surface area contributed by atoms with Gasteiger partial charge in [0.05, 0.1) is 6.10 Å². The van der Waals surface area contributed by atoms with Crippen LogP contribution in [-0.4, -0.2) is 23.7 Å². The summed E-state index contributed by atoms with van der Waals surface area (Å²) in [6.07, 6.45) is 0.386. The SMILES string of the molecule is CC(C)COC(C)C.CC(C)CSC(C)C. The van der Waals surface area contributed by atoms with Crippen LogP contribution in [0.4, 0.5) is 0 Å². The zero-order valence-electron chi connectivity index (χ0n) is 12.5. The van der Waals surface area contributed by atoms with Gasteiger partial charge < -0.3 is 4.74 Å². The number of ether oxygens (including phenoxy) is 1. The van der Waals surface area contributed by atoms with Crippen LogP contribution in [0.15, 0.2) is 0 Å². The van der Waals surface area contributed by atoms with Gasteiger partial charge in [0.15, 0.2) is 0 Å². The molecule has 0 aliphatic heterocycles. The predicted octanol–water partition coefficient (Wildman–Crippen LogP) is 4.85. The Balaban J connectivity index is 0. The maximum absolute atomic E-state index is 5.30. The summed E-state index contributed by atoms with van der Waals surface area (Å²) in [6, 6.07) is 0. The highest BCUT2D eigenvalue weighted by Gasteiger charge is 1.96. The first kappa shape index (κ1) is 18.7. The van der Waals surface area contributed by atoms with E-state index in [9.17, 15) is 0 Å². The third-order valence-corrected chi connectivity index (χ3v) is 3.05. The van der Waals surface area contributed by atoms with Crippen LogP contribution < -0.4 is 0 Å². The number of hydrogen-bond donors (Lipinski definition) is 0. The van der Waals surface area contributed by atoms with E-state index in [0.29, 0.717) is 12.0 Å². The van der Waals surface area contributed by atoms with Gasteiger partial charge in [-0.05, 0) is 36.7 Å². The van der Waals surface area contributed by atoms with Gasteiger partial charge in [-0.1, -0.05) is 41.5 Å². The van der Waals surface area contributed by atoms with E-state index < -0.39 is 0 Å². The summed E-state index contributed by atoms with van der Waals surface area (Å²) in [7, 11) is 0. The van der Waals surface area contributed by atoms with Crippen molar-refractivity contribution in [2.24, 2.45) is 11.8 Å². The highest BCUT2D eigenvalue weighted by atomic mass is 32.2. The van der Waals surface area contributed by atoms with Crippen molar-refractivity contribution in [1.82, 2.24) is 0 Å². The number of hydrogen-bond acceptors (Lipinski definition) is 2. The monoisotopic (exact) mass is 248 g/mol. The molecule has 100 valence electrons. The first-order chi connectivity index (χ1) is 7.25. The lowest BCUT2D eigenvalue weighted by Crippen LogP contribution is -2.08. The first-order valence-corrected chi connectivity index (χ1v) is 7.53. The van der Waals surface area contributed by atoms with E-state index in [1.54, 1.807) is 0 Å². The third kappa shape index (κ3) is 23.8. The largest absolute Gasteiger partial charge is 0.379 e. The summed E-state index contributed by atoms with van der Waals surface area (Å²) < 4.78 is 5.30. The maximum atomic E-state index is 5.30. The number of thioether (sulfide) groups is 1. The molecule has 0 aromatic heterocycles. The Kier molecular flexibility index (Phi) is 13.8. The minimum atomic E-state index is 0.386. The van der Waals surface area contributed by atoms with Crippen molar-refractivity contribution in [3.8, 4) is 0 Å². The summed E-state index contributed by atoms with van der Waals surface area (Å²) in [4.78, 5) is 0. The summed E-state index contributed by atoms with van der Waals surface area (Å²) in [6.45, 7) is 18.3. The molecule has 16 heavy (non-hydrogen) atoms. The van der Waals surface area contributed by atoms with Gasteiger partial charge in [0, 0.05) is 6.61 Å². The number of rotatable bonds is 6. The zero-order chi connectivity index (χ0) is 13.1. The maximum Gasteiger partial charge on any atom is 0.0518 e. The van der Waals surface area contributed by atoms with Crippen LogP contribution in [0.1, 0.15) is 55.4 Å². The lowest BCUT2D eigenvalue weighted by Gasteiger charge is -2.08. The van der Waals surface area contributed by atoms with E-state index in [2.05, 4.69) is 55.4 Å². The van der Waals surface area contributed by atoms with Crippen molar-refractivity contribution in [2.45, 2.75) is 66.7 Å². The van der Waals surface area contributed by atoms with E-state index in [1.807, 2.05) is 11.8 Å². The molecule has 0 saturated heterocycles. The Bertz CT molecular complexity index is 98.7. The molecule has 0 aromatic rings. The Hall–Kier alpha value is 0.310. The molecular weight excluding hydrogens is 216 g/mol. The molecular formula is C14H32OS. The van der Waals surface area contributed by atoms with Gasteiger partial charge in [0.2, 0.25) is 0 Å². The highest BCUT2D eigenvalue weighted by Crippen LogP contribution is 2.12. The van der Waals surface area contributed by atoms with Crippen LogP contribution in [0.2, 0.25) is 0 Å².